The molecule has 2 N–H and O–H groups in total. The van der Waals surface area contributed by atoms with Gasteiger partial charge in [0.05, 0.1) is 29.5 Å². The van der Waals surface area contributed by atoms with E-state index in [0.29, 0.717) is 18.7 Å². The summed E-state index contributed by atoms with van der Waals surface area (Å²) in [5.74, 6) is 0.953. The Morgan fingerprint density at radius 1 is 1.42 bits per heavy atom. The highest BCUT2D eigenvalue weighted by molar-refractivity contribution is 9.10. The SMILES string of the molecule is NCC(c1occc1Br)N1CCOC2CCCCC21. The molecule has 1 aromatic rings. The van der Waals surface area contributed by atoms with Gasteiger partial charge in [0, 0.05) is 19.1 Å². The minimum Gasteiger partial charge on any atom is -0.466 e. The maximum Gasteiger partial charge on any atom is 0.136 e. The number of hydrogen-bond donors (Lipinski definition) is 1. The molecule has 1 aromatic heterocycles. The first-order valence-corrected chi connectivity index (χ1v) is 7.91. The van der Waals surface area contributed by atoms with Crippen molar-refractivity contribution in [2.24, 2.45) is 5.73 Å². The smallest absolute Gasteiger partial charge is 0.136 e. The standard InChI is InChI=1S/C14H21BrN2O2/c15-10-5-7-19-14(10)12(9-16)17-6-8-18-13-4-2-1-3-11(13)17/h5,7,11-13H,1-4,6,8-9,16H2. The first-order chi connectivity index (χ1) is 9.31. The highest BCUT2D eigenvalue weighted by Crippen LogP contribution is 2.36. The third-order valence-corrected chi connectivity index (χ3v) is 5.00. The van der Waals surface area contributed by atoms with E-state index in [4.69, 9.17) is 14.9 Å². The Morgan fingerprint density at radius 3 is 3.00 bits per heavy atom. The molecule has 0 bridgehead atoms. The van der Waals surface area contributed by atoms with E-state index in [1.165, 1.54) is 25.7 Å². The van der Waals surface area contributed by atoms with E-state index in [-0.39, 0.29) is 6.04 Å². The molecular formula is C14H21BrN2O2. The van der Waals surface area contributed by atoms with Crippen LogP contribution in [-0.4, -0.2) is 36.7 Å². The molecule has 0 spiro atoms. The number of fused-ring (bicyclic) bond motifs is 1. The largest absolute Gasteiger partial charge is 0.466 e. The van der Waals surface area contributed by atoms with E-state index in [9.17, 15) is 0 Å². The fraction of sp³-hybridized carbons (Fsp3) is 0.714. The fourth-order valence-electron chi connectivity index (χ4n) is 3.45. The van der Waals surface area contributed by atoms with Crippen LogP contribution < -0.4 is 5.73 Å². The van der Waals surface area contributed by atoms with Gasteiger partial charge in [-0.2, -0.15) is 0 Å². The second kappa shape index (κ2) is 5.95. The van der Waals surface area contributed by atoms with Gasteiger partial charge < -0.3 is 14.9 Å². The summed E-state index contributed by atoms with van der Waals surface area (Å²) in [4.78, 5) is 2.50. The Kier molecular flexibility index (Phi) is 4.27. The molecule has 1 saturated heterocycles. The van der Waals surface area contributed by atoms with Crippen molar-refractivity contribution in [3.05, 3.63) is 22.6 Å². The van der Waals surface area contributed by atoms with Crippen LogP contribution in [0.5, 0.6) is 0 Å². The van der Waals surface area contributed by atoms with E-state index in [2.05, 4.69) is 20.8 Å². The molecular weight excluding hydrogens is 308 g/mol. The first kappa shape index (κ1) is 13.6. The van der Waals surface area contributed by atoms with Gasteiger partial charge in [0.1, 0.15) is 5.76 Å². The maximum atomic E-state index is 6.02. The number of nitrogens with two attached hydrogens (primary N) is 1. The molecule has 5 heteroatoms. The molecule has 3 rings (SSSR count). The number of halogens is 1. The molecule has 0 amide bonds. The molecule has 0 radical (unpaired) electrons. The van der Waals surface area contributed by atoms with Crippen LogP contribution in [0.25, 0.3) is 0 Å². The van der Waals surface area contributed by atoms with Crippen LogP contribution in [0, 0.1) is 0 Å². The minimum atomic E-state index is 0.152. The van der Waals surface area contributed by atoms with Crippen LogP contribution in [0.2, 0.25) is 0 Å². The van der Waals surface area contributed by atoms with Gasteiger partial charge in [-0.15, -0.1) is 0 Å². The lowest BCUT2D eigenvalue weighted by Crippen LogP contribution is -2.54. The summed E-state index contributed by atoms with van der Waals surface area (Å²) < 4.78 is 12.6. The molecule has 1 aliphatic carbocycles. The molecule has 3 atom stereocenters. The van der Waals surface area contributed by atoms with Gasteiger partial charge in [-0.1, -0.05) is 12.8 Å². The van der Waals surface area contributed by atoms with Gasteiger partial charge in [-0.25, -0.2) is 0 Å². The third-order valence-electron chi connectivity index (χ3n) is 4.35. The monoisotopic (exact) mass is 328 g/mol. The average Bonchev–Trinajstić information content (AvgIpc) is 2.86. The molecule has 106 valence electrons. The third kappa shape index (κ3) is 2.61. The van der Waals surface area contributed by atoms with Crippen molar-refractivity contribution < 1.29 is 9.15 Å². The van der Waals surface area contributed by atoms with E-state index >= 15 is 0 Å². The van der Waals surface area contributed by atoms with Crippen molar-refractivity contribution in [2.75, 3.05) is 19.7 Å². The van der Waals surface area contributed by atoms with Crippen molar-refractivity contribution in [3.8, 4) is 0 Å². The van der Waals surface area contributed by atoms with E-state index in [1.54, 1.807) is 6.26 Å². The number of nitrogens with zero attached hydrogens (tertiary/aromatic N) is 1. The second-order valence-electron chi connectivity index (χ2n) is 5.38. The summed E-state index contributed by atoms with van der Waals surface area (Å²) in [6.07, 6.45) is 7.06. The molecule has 0 aromatic carbocycles. The molecule has 1 saturated carbocycles. The Bertz CT molecular complexity index is 421. The van der Waals surface area contributed by atoms with Gasteiger partial charge in [-0.05, 0) is 34.8 Å². The van der Waals surface area contributed by atoms with E-state index < -0.39 is 0 Å². The van der Waals surface area contributed by atoms with Crippen LogP contribution in [0.3, 0.4) is 0 Å². The first-order valence-electron chi connectivity index (χ1n) is 7.11. The second-order valence-corrected chi connectivity index (χ2v) is 6.24. The summed E-state index contributed by atoms with van der Waals surface area (Å²) in [6.45, 7) is 2.32. The lowest BCUT2D eigenvalue weighted by Gasteiger charge is -2.46. The number of hydrogen-bond acceptors (Lipinski definition) is 4. The van der Waals surface area contributed by atoms with Gasteiger partial charge in [0.25, 0.3) is 0 Å². The summed E-state index contributed by atoms with van der Waals surface area (Å²) in [6, 6.07) is 2.59. The molecule has 2 heterocycles. The molecule has 1 aliphatic heterocycles. The highest BCUT2D eigenvalue weighted by atomic mass is 79.9. The average molecular weight is 329 g/mol. The Hall–Kier alpha value is -0.360. The maximum absolute atomic E-state index is 6.02. The zero-order chi connectivity index (χ0) is 13.2. The normalized spacial score (nSPS) is 30.0. The van der Waals surface area contributed by atoms with Crippen molar-refractivity contribution >= 4 is 15.9 Å². The summed E-state index contributed by atoms with van der Waals surface area (Å²) in [5, 5.41) is 0. The van der Waals surface area contributed by atoms with Crippen LogP contribution in [-0.2, 0) is 4.74 Å². The van der Waals surface area contributed by atoms with E-state index in [0.717, 1.165) is 23.4 Å². The predicted molar refractivity (Wildman–Crippen MR) is 76.9 cm³/mol. The predicted octanol–water partition coefficient (Wildman–Crippen LogP) is 2.69. The molecule has 2 aliphatic rings. The number of rotatable bonds is 3. The fourth-order valence-corrected chi connectivity index (χ4v) is 3.92. The van der Waals surface area contributed by atoms with Crippen LogP contribution >= 0.6 is 15.9 Å². The Labute approximate surface area is 122 Å². The zero-order valence-electron chi connectivity index (χ0n) is 11.1. The number of morpholine rings is 1. The lowest BCUT2D eigenvalue weighted by molar-refractivity contribution is -0.104. The summed E-state index contributed by atoms with van der Waals surface area (Å²) in [7, 11) is 0. The van der Waals surface area contributed by atoms with Gasteiger partial charge in [0.15, 0.2) is 0 Å². The summed E-state index contributed by atoms with van der Waals surface area (Å²) in [5.41, 5.74) is 6.02. The van der Waals surface area contributed by atoms with Gasteiger partial charge in [-0.3, -0.25) is 4.90 Å². The van der Waals surface area contributed by atoms with Crippen LogP contribution in [0.1, 0.15) is 37.5 Å². The van der Waals surface area contributed by atoms with Gasteiger partial charge >= 0.3 is 0 Å². The molecule has 4 nitrogen and oxygen atoms in total. The quantitative estimate of drug-likeness (QED) is 0.926. The number of ether oxygens (including phenoxy) is 1. The topological polar surface area (TPSA) is 51.6 Å². The van der Waals surface area contributed by atoms with Crippen molar-refractivity contribution in [1.29, 1.82) is 0 Å². The molecule has 2 fully saturated rings. The van der Waals surface area contributed by atoms with Crippen molar-refractivity contribution in [2.45, 2.75) is 43.9 Å². The van der Waals surface area contributed by atoms with Crippen molar-refractivity contribution in [1.82, 2.24) is 4.90 Å². The minimum absolute atomic E-state index is 0.152. The Balaban J connectivity index is 1.83. The van der Waals surface area contributed by atoms with Crippen LogP contribution in [0.4, 0.5) is 0 Å². The van der Waals surface area contributed by atoms with Gasteiger partial charge in [0.2, 0.25) is 0 Å². The van der Waals surface area contributed by atoms with Crippen LogP contribution in [0.15, 0.2) is 21.2 Å². The molecule has 3 unspecified atom stereocenters. The Morgan fingerprint density at radius 2 is 2.26 bits per heavy atom. The van der Waals surface area contributed by atoms with Crippen molar-refractivity contribution in [3.63, 3.8) is 0 Å². The number of furan rings is 1. The summed E-state index contributed by atoms with van der Waals surface area (Å²) >= 11 is 3.56. The zero-order valence-corrected chi connectivity index (χ0v) is 12.6. The highest BCUT2D eigenvalue weighted by Gasteiger charge is 2.38. The lowest BCUT2D eigenvalue weighted by atomic mass is 9.89. The van der Waals surface area contributed by atoms with E-state index in [1.807, 2.05) is 6.07 Å². The molecule has 19 heavy (non-hydrogen) atoms.